The summed E-state index contributed by atoms with van der Waals surface area (Å²) in [6.07, 6.45) is 2.86. The first-order valence-corrected chi connectivity index (χ1v) is 6.43. The molecule has 1 aromatic heterocycles. The lowest BCUT2D eigenvalue weighted by Gasteiger charge is -2.10. The molecule has 1 amide bonds. The van der Waals surface area contributed by atoms with Crippen molar-refractivity contribution < 1.29 is 4.79 Å². The number of amides is 1. The van der Waals surface area contributed by atoms with Crippen LogP contribution in [0.1, 0.15) is 23.2 Å². The lowest BCUT2D eigenvalue weighted by Crippen LogP contribution is -2.13. The van der Waals surface area contributed by atoms with Gasteiger partial charge in [-0.25, -0.2) is 0 Å². The summed E-state index contributed by atoms with van der Waals surface area (Å²) in [7, 11) is 0. The molecule has 0 bridgehead atoms. The molecule has 0 fully saturated rings. The van der Waals surface area contributed by atoms with Gasteiger partial charge in [0.2, 0.25) is 5.91 Å². The molecule has 0 spiro atoms. The monoisotopic (exact) mass is 254 g/mol. The van der Waals surface area contributed by atoms with Crippen LogP contribution in [0.15, 0.2) is 42.6 Å². The highest BCUT2D eigenvalue weighted by Gasteiger charge is 2.06. The van der Waals surface area contributed by atoms with Gasteiger partial charge in [0.05, 0.1) is 0 Å². The molecule has 0 saturated heterocycles. The van der Waals surface area contributed by atoms with Crippen molar-refractivity contribution >= 4 is 11.6 Å². The number of benzene rings is 1. The van der Waals surface area contributed by atoms with E-state index in [0.29, 0.717) is 12.8 Å². The summed E-state index contributed by atoms with van der Waals surface area (Å²) in [5.74, 6) is 0.0272. The topological polar surface area (TPSA) is 42.0 Å². The SMILES string of the molecule is Cc1cccc(NC(=O)CCc2ccccn2)c1C. The van der Waals surface area contributed by atoms with Crippen LogP contribution >= 0.6 is 0 Å². The fourth-order valence-corrected chi connectivity index (χ4v) is 1.89. The molecule has 19 heavy (non-hydrogen) atoms. The zero-order valence-electron chi connectivity index (χ0n) is 11.3. The Hall–Kier alpha value is -2.16. The van der Waals surface area contributed by atoms with Gasteiger partial charge >= 0.3 is 0 Å². The van der Waals surface area contributed by atoms with E-state index >= 15 is 0 Å². The maximum atomic E-state index is 11.9. The second-order valence-electron chi connectivity index (χ2n) is 4.62. The molecule has 0 saturated carbocycles. The number of aromatic nitrogens is 1. The summed E-state index contributed by atoms with van der Waals surface area (Å²) in [5, 5.41) is 2.95. The van der Waals surface area contributed by atoms with Crippen molar-refractivity contribution in [3.8, 4) is 0 Å². The minimum absolute atomic E-state index is 0.0272. The molecule has 0 unspecified atom stereocenters. The summed E-state index contributed by atoms with van der Waals surface area (Å²) in [4.78, 5) is 16.1. The van der Waals surface area contributed by atoms with Gasteiger partial charge in [-0.3, -0.25) is 9.78 Å². The summed E-state index contributed by atoms with van der Waals surface area (Å²) < 4.78 is 0. The molecule has 2 aromatic rings. The Morgan fingerprint density at radius 1 is 1.16 bits per heavy atom. The Kier molecular flexibility index (Phi) is 4.29. The van der Waals surface area contributed by atoms with Crippen molar-refractivity contribution in [1.29, 1.82) is 0 Å². The summed E-state index contributed by atoms with van der Waals surface area (Å²) in [5.41, 5.74) is 4.14. The molecule has 0 atom stereocenters. The van der Waals surface area contributed by atoms with Crippen LogP contribution in [0.3, 0.4) is 0 Å². The number of carbonyl (C=O) groups excluding carboxylic acids is 1. The highest BCUT2D eigenvalue weighted by molar-refractivity contribution is 5.91. The van der Waals surface area contributed by atoms with Gasteiger partial charge < -0.3 is 5.32 Å². The van der Waals surface area contributed by atoms with Crippen LogP contribution in [-0.2, 0) is 11.2 Å². The largest absolute Gasteiger partial charge is 0.326 e. The number of carbonyl (C=O) groups is 1. The van der Waals surface area contributed by atoms with E-state index in [1.165, 1.54) is 5.56 Å². The van der Waals surface area contributed by atoms with Gasteiger partial charge in [-0.15, -0.1) is 0 Å². The molecular weight excluding hydrogens is 236 g/mol. The van der Waals surface area contributed by atoms with Gasteiger partial charge in [0.25, 0.3) is 0 Å². The van der Waals surface area contributed by atoms with Crippen LogP contribution in [0.25, 0.3) is 0 Å². The van der Waals surface area contributed by atoms with E-state index in [-0.39, 0.29) is 5.91 Å². The smallest absolute Gasteiger partial charge is 0.224 e. The molecule has 2 rings (SSSR count). The molecule has 1 aromatic carbocycles. The molecule has 98 valence electrons. The van der Waals surface area contributed by atoms with Gasteiger partial charge in [0.15, 0.2) is 0 Å². The lowest BCUT2D eigenvalue weighted by atomic mass is 10.1. The van der Waals surface area contributed by atoms with Gasteiger partial charge in [-0.2, -0.15) is 0 Å². The molecule has 1 heterocycles. The fourth-order valence-electron chi connectivity index (χ4n) is 1.89. The van der Waals surface area contributed by atoms with Gasteiger partial charge in [0.1, 0.15) is 0 Å². The number of hydrogen-bond donors (Lipinski definition) is 1. The molecule has 0 aliphatic carbocycles. The average Bonchev–Trinajstić information content (AvgIpc) is 2.43. The van der Waals surface area contributed by atoms with Crippen LogP contribution in [0, 0.1) is 13.8 Å². The number of rotatable bonds is 4. The van der Waals surface area contributed by atoms with Crippen molar-refractivity contribution in [2.45, 2.75) is 26.7 Å². The van der Waals surface area contributed by atoms with Crippen LogP contribution in [0.2, 0.25) is 0 Å². The fraction of sp³-hybridized carbons (Fsp3) is 0.250. The predicted molar refractivity (Wildman–Crippen MR) is 77.1 cm³/mol. The third kappa shape index (κ3) is 3.65. The van der Waals surface area contributed by atoms with Crippen LogP contribution in [-0.4, -0.2) is 10.9 Å². The van der Waals surface area contributed by atoms with E-state index < -0.39 is 0 Å². The zero-order valence-corrected chi connectivity index (χ0v) is 11.3. The molecule has 1 N–H and O–H groups in total. The standard InChI is InChI=1S/C16H18N2O/c1-12-6-5-8-15(13(12)2)18-16(19)10-9-14-7-3-4-11-17-14/h3-8,11H,9-10H2,1-2H3,(H,18,19). The number of anilines is 1. The molecule has 0 radical (unpaired) electrons. The zero-order chi connectivity index (χ0) is 13.7. The summed E-state index contributed by atoms with van der Waals surface area (Å²) in [6, 6.07) is 11.7. The van der Waals surface area contributed by atoms with Crippen molar-refractivity contribution in [2.24, 2.45) is 0 Å². The Labute approximate surface area is 113 Å². The highest BCUT2D eigenvalue weighted by atomic mass is 16.1. The van der Waals surface area contributed by atoms with Crippen LogP contribution in [0.5, 0.6) is 0 Å². The van der Waals surface area contributed by atoms with E-state index in [0.717, 1.165) is 16.9 Å². The van der Waals surface area contributed by atoms with E-state index in [9.17, 15) is 4.79 Å². The van der Waals surface area contributed by atoms with Gasteiger partial charge in [-0.1, -0.05) is 18.2 Å². The Bertz CT molecular complexity index is 564. The minimum atomic E-state index is 0.0272. The van der Waals surface area contributed by atoms with Crippen molar-refractivity contribution in [3.63, 3.8) is 0 Å². The number of aryl methyl sites for hydroxylation is 2. The summed E-state index contributed by atoms with van der Waals surface area (Å²) in [6.45, 7) is 4.06. The Morgan fingerprint density at radius 3 is 2.74 bits per heavy atom. The maximum Gasteiger partial charge on any atom is 0.224 e. The normalized spacial score (nSPS) is 10.2. The highest BCUT2D eigenvalue weighted by Crippen LogP contribution is 2.18. The van der Waals surface area contributed by atoms with Gasteiger partial charge in [-0.05, 0) is 49.6 Å². The Morgan fingerprint density at radius 2 is 2.00 bits per heavy atom. The van der Waals surface area contributed by atoms with E-state index in [4.69, 9.17) is 0 Å². The van der Waals surface area contributed by atoms with Crippen LogP contribution in [0.4, 0.5) is 5.69 Å². The third-order valence-electron chi connectivity index (χ3n) is 3.21. The molecule has 0 aliphatic heterocycles. The number of nitrogens with zero attached hydrogens (tertiary/aromatic N) is 1. The first-order valence-electron chi connectivity index (χ1n) is 6.43. The van der Waals surface area contributed by atoms with Crippen molar-refractivity contribution in [2.75, 3.05) is 5.32 Å². The number of nitrogens with one attached hydrogen (secondary N) is 1. The third-order valence-corrected chi connectivity index (χ3v) is 3.21. The quantitative estimate of drug-likeness (QED) is 0.909. The first kappa shape index (κ1) is 13.3. The predicted octanol–water partition coefficient (Wildman–Crippen LogP) is 3.27. The van der Waals surface area contributed by atoms with Gasteiger partial charge in [0, 0.05) is 24.0 Å². The molecule has 3 heteroatoms. The Balaban J connectivity index is 1.93. The van der Waals surface area contributed by atoms with E-state index in [1.54, 1.807) is 6.20 Å². The second kappa shape index (κ2) is 6.14. The average molecular weight is 254 g/mol. The van der Waals surface area contributed by atoms with Crippen molar-refractivity contribution in [1.82, 2.24) is 4.98 Å². The number of hydrogen-bond acceptors (Lipinski definition) is 2. The maximum absolute atomic E-state index is 11.9. The van der Waals surface area contributed by atoms with Crippen molar-refractivity contribution in [3.05, 3.63) is 59.4 Å². The summed E-state index contributed by atoms with van der Waals surface area (Å²) >= 11 is 0. The number of pyridine rings is 1. The molecule has 3 nitrogen and oxygen atoms in total. The first-order chi connectivity index (χ1) is 9.16. The molecular formula is C16H18N2O. The molecule has 0 aliphatic rings. The minimum Gasteiger partial charge on any atom is -0.326 e. The second-order valence-corrected chi connectivity index (χ2v) is 4.62. The van der Waals surface area contributed by atoms with Crippen LogP contribution < -0.4 is 5.32 Å². The van der Waals surface area contributed by atoms with E-state index in [1.807, 2.05) is 50.2 Å². The lowest BCUT2D eigenvalue weighted by molar-refractivity contribution is -0.116. The van der Waals surface area contributed by atoms with E-state index in [2.05, 4.69) is 10.3 Å².